The standard InChI is InChI=1S/C25H25FN2O3/c26-22-10-5-4-9-21(22)25(30)28-16-6-15-27(17-18-28)24(29)14-12-20-11-13-23(31-20)19-7-2-1-3-8-19/h1-5,7-11,13H,6,12,14-18H2. The van der Waals surface area contributed by atoms with Crippen molar-refractivity contribution in [3.8, 4) is 11.3 Å². The number of hydrogen-bond donors (Lipinski definition) is 0. The first-order valence-electron chi connectivity index (χ1n) is 10.6. The number of halogens is 1. The molecule has 3 aromatic rings. The Balaban J connectivity index is 1.30. The van der Waals surface area contributed by atoms with Crippen LogP contribution in [0.2, 0.25) is 0 Å². The lowest BCUT2D eigenvalue weighted by Gasteiger charge is -2.22. The second-order valence-corrected chi connectivity index (χ2v) is 7.64. The molecule has 2 heterocycles. The molecule has 1 aliphatic heterocycles. The maximum atomic E-state index is 14.0. The van der Waals surface area contributed by atoms with Gasteiger partial charge in [0.2, 0.25) is 5.91 Å². The first kappa shape index (κ1) is 20.8. The molecule has 0 N–H and O–H groups in total. The molecule has 2 amide bonds. The van der Waals surface area contributed by atoms with E-state index in [-0.39, 0.29) is 17.4 Å². The van der Waals surface area contributed by atoms with Crippen LogP contribution in [-0.4, -0.2) is 47.8 Å². The first-order chi connectivity index (χ1) is 15.1. The number of hydrogen-bond acceptors (Lipinski definition) is 3. The monoisotopic (exact) mass is 420 g/mol. The molecule has 31 heavy (non-hydrogen) atoms. The number of carbonyl (C=O) groups is 2. The minimum atomic E-state index is -0.516. The Kier molecular flexibility index (Phi) is 6.46. The molecule has 0 saturated carbocycles. The van der Waals surface area contributed by atoms with Gasteiger partial charge in [-0.1, -0.05) is 42.5 Å². The maximum absolute atomic E-state index is 14.0. The molecule has 4 rings (SSSR count). The van der Waals surface area contributed by atoms with Crippen LogP contribution in [0.5, 0.6) is 0 Å². The van der Waals surface area contributed by atoms with Gasteiger partial charge < -0.3 is 14.2 Å². The Morgan fingerprint density at radius 2 is 1.55 bits per heavy atom. The number of rotatable bonds is 5. The summed E-state index contributed by atoms with van der Waals surface area (Å²) in [5.41, 5.74) is 1.08. The van der Waals surface area contributed by atoms with Crippen LogP contribution >= 0.6 is 0 Å². The fourth-order valence-electron chi connectivity index (χ4n) is 3.83. The number of furan rings is 1. The number of benzene rings is 2. The summed E-state index contributed by atoms with van der Waals surface area (Å²) in [4.78, 5) is 28.8. The van der Waals surface area contributed by atoms with Gasteiger partial charge in [0, 0.05) is 44.6 Å². The van der Waals surface area contributed by atoms with Gasteiger partial charge in [-0.05, 0) is 30.7 Å². The van der Waals surface area contributed by atoms with Crippen molar-refractivity contribution in [1.29, 1.82) is 0 Å². The van der Waals surface area contributed by atoms with Crippen molar-refractivity contribution in [3.05, 3.63) is 83.9 Å². The SMILES string of the molecule is O=C(CCc1ccc(-c2ccccc2)o1)N1CCCN(C(=O)c2ccccc2F)CC1. The molecule has 1 saturated heterocycles. The zero-order valence-corrected chi connectivity index (χ0v) is 17.3. The molecule has 0 radical (unpaired) electrons. The van der Waals surface area contributed by atoms with Gasteiger partial charge in [0.15, 0.2) is 0 Å². The van der Waals surface area contributed by atoms with Crippen LogP contribution in [0.4, 0.5) is 4.39 Å². The van der Waals surface area contributed by atoms with Gasteiger partial charge in [0.05, 0.1) is 5.56 Å². The van der Waals surface area contributed by atoms with E-state index in [1.807, 2.05) is 42.5 Å². The Bertz CT molecular complexity index is 1050. The zero-order chi connectivity index (χ0) is 21.6. The first-order valence-corrected chi connectivity index (χ1v) is 10.6. The van der Waals surface area contributed by atoms with Crippen LogP contribution in [-0.2, 0) is 11.2 Å². The quantitative estimate of drug-likeness (QED) is 0.615. The summed E-state index contributed by atoms with van der Waals surface area (Å²) in [6.07, 6.45) is 1.55. The van der Waals surface area contributed by atoms with E-state index in [1.165, 1.54) is 12.1 Å². The lowest BCUT2D eigenvalue weighted by Crippen LogP contribution is -2.37. The molecule has 0 unspecified atom stereocenters. The van der Waals surface area contributed by atoms with Crippen LogP contribution in [0, 0.1) is 5.82 Å². The largest absolute Gasteiger partial charge is 0.461 e. The zero-order valence-electron chi connectivity index (χ0n) is 17.3. The van der Waals surface area contributed by atoms with E-state index in [2.05, 4.69) is 0 Å². The van der Waals surface area contributed by atoms with E-state index >= 15 is 0 Å². The van der Waals surface area contributed by atoms with Crippen molar-refractivity contribution in [1.82, 2.24) is 9.80 Å². The lowest BCUT2D eigenvalue weighted by molar-refractivity contribution is -0.131. The molecule has 1 aromatic heterocycles. The molecule has 2 aromatic carbocycles. The van der Waals surface area contributed by atoms with Crippen LogP contribution in [0.25, 0.3) is 11.3 Å². The molecule has 0 atom stereocenters. The average Bonchev–Trinajstić information content (AvgIpc) is 3.14. The molecule has 1 aliphatic rings. The summed E-state index contributed by atoms with van der Waals surface area (Å²) >= 11 is 0. The molecule has 0 bridgehead atoms. The van der Waals surface area contributed by atoms with E-state index in [0.29, 0.717) is 45.4 Å². The van der Waals surface area contributed by atoms with Crippen LogP contribution in [0.1, 0.15) is 29.0 Å². The molecule has 1 fully saturated rings. The third kappa shape index (κ3) is 5.02. The third-order valence-corrected chi connectivity index (χ3v) is 5.55. The van der Waals surface area contributed by atoms with Crippen LogP contribution in [0.3, 0.4) is 0 Å². The Morgan fingerprint density at radius 1 is 0.839 bits per heavy atom. The van der Waals surface area contributed by atoms with E-state index in [4.69, 9.17) is 4.42 Å². The lowest BCUT2D eigenvalue weighted by atomic mass is 10.2. The molecule has 0 aliphatic carbocycles. The highest BCUT2D eigenvalue weighted by Crippen LogP contribution is 2.22. The second kappa shape index (κ2) is 9.60. The normalized spacial score (nSPS) is 14.4. The van der Waals surface area contributed by atoms with Crippen molar-refractivity contribution in [2.45, 2.75) is 19.3 Å². The van der Waals surface area contributed by atoms with Crippen molar-refractivity contribution in [2.75, 3.05) is 26.2 Å². The Morgan fingerprint density at radius 3 is 2.35 bits per heavy atom. The van der Waals surface area contributed by atoms with Crippen molar-refractivity contribution < 1.29 is 18.4 Å². The summed E-state index contributed by atoms with van der Waals surface area (Å²) in [6.45, 7) is 1.95. The Hall–Kier alpha value is -3.41. The number of amides is 2. The third-order valence-electron chi connectivity index (χ3n) is 5.55. The summed E-state index contributed by atoms with van der Waals surface area (Å²) in [5, 5.41) is 0. The summed E-state index contributed by atoms with van der Waals surface area (Å²) in [7, 11) is 0. The van der Waals surface area contributed by atoms with E-state index in [0.717, 1.165) is 17.1 Å². The van der Waals surface area contributed by atoms with Crippen LogP contribution in [0.15, 0.2) is 71.1 Å². The number of carbonyl (C=O) groups excluding carboxylic acids is 2. The van der Waals surface area contributed by atoms with Crippen molar-refractivity contribution in [2.24, 2.45) is 0 Å². The topological polar surface area (TPSA) is 53.8 Å². The highest BCUT2D eigenvalue weighted by Gasteiger charge is 2.24. The average molecular weight is 420 g/mol. The van der Waals surface area contributed by atoms with E-state index in [1.54, 1.807) is 21.9 Å². The van der Waals surface area contributed by atoms with E-state index in [9.17, 15) is 14.0 Å². The highest BCUT2D eigenvalue weighted by molar-refractivity contribution is 5.94. The maximum Gasteiger partial charge on any atom is 0.256 e. The number of nitrogens with zero attached hydrogens (tertiary/aromatic N) is 2. The molecule has 6 heteroatoms. The van der Waals surface area contributed by atoms with Crippen molar-refractivity contribution >= 4 is 11.8 Å². The molecular weight excluding hydrogens is 395 g/mol. The van der Waals surface area contributed by atoms with Gasteiger partial charge in [-0.25, -0.2) is 4.39 Å². The fourth-order valence-corrected chi connectivity index (χ4v) is 3.83. The molecule has 0 spiro atoms. The molecule has 5 nitrogen and oxygen atoms in total. The summed E-state index contributed by atoms with van der Waals surface area (Å²) in [5.74, 6) is 0.769. The van der Waals surface area contributed by atoms with Gasteiger partial charge >= 0.3 is 0 Å². The molecule has 160 valence electrons. The minimum absolute atomic E-state index is 0.0397. The van der Waals surface area contributed by atoms with Gasteiger partial charge in [-0.3, -0.25) is 9.59 Å². The fraction of sp³-hybridized carbons (Fsp3) is 0.280. The van der Waals surface area contributed by atoms with Gasteiger partial charge in [-0.2, -0.15) is 0 Å². The predicted octanol–water partition coefficient (Wildman–Crippen LogP) is 4.39. The predicted molar refractivity (Wildman–Crippen MR) is 116 cm³/mol. The van der Waals surface area contributed by atoms with Gasteiger partial charge in [0.25, 0.3) is 5.91 Å². The second-order valence-electron chi connectivity index (χ2n) is 7.64. The summed E-state index contributed by atoms with van der Waals surface area (Å²) < 4.78 is 19.8. The molecular formula is C25H25FN2O3. The minimum Gasteiger partial charge on any atom is -0.461 e. The summed E-state index contributed by atoms with van der Waals surface area (Å²) in [6, 6.07) is 19.7. The smallest absolute Gasteiger partial charge is 0.256 e. The Labute approximate surface area is 181 Å². The van der Waals surface area contributed by atoms with Crippen molar-refractivity contribution in [3.63, 3.8) is 0 Å². The highest BCUT2D eigenvalue weighted by atomic mass is 19.1. The van der Waals surface area contributed by atoms with E-state index < -0.39 is 5.82 Å². The van der Waals surface area contributed by atoms with Crippen LogP contribution < -0.4 is 0 Å². The number of aryl methyl sites for hydroxylation is 1. The van der Waals surface area contributed by atoms with Gasteiger partial charge in [0.1, 0.15) is 17.3 Å². The van der Waals surface area contributed by atoms with Gasteiger partial charge in [-0.15, -0.1) is 0 Å².